The van der Waals surface area contributed by atoms with E-state index in [-0.39, 0.29) is 5.88 Å². The summed E-state index contributed by atoms with van der Waals surface area (Å²) in [6.45, 7) is 10.2. The number of hydrogen-bond acceptors (Lipinski definition) is 4. The van der Waals surface area contributed by atoms with Gasteiger partial charge in [0.15, 0.2) is 0 Å². The molecular formula is C14H22N2O3. The van der Waals surface area contributed by atoms with Gasteiger partial charge in [0.2, 0.25) is 0 Å². The van der Waals surface area contributed by atoms with Gasteiger partial charge in [-0.05, 0) is 30.5 Å². The van der Waals surface area contributed by atoms with Crippen molar-refractivity contribution in [3.8, 4) is 0 Å². The van der Waals surface area contributed by atoms with Crippen LogP contribution in [0.2, 0.25) is 0 Å². The summed E-state index contributed by atoms with van der Waals surface area (Å²) < 4.78 is 5.15. The number of nitro groups is 1. The second kappa shape index (κ2) is 7.09. The van der Waals surface area contributed by atoms with Gasteiger partial charge in [0, 0.05) is 6.54 Å². The molecule has 0 aromatic carbocycles. The van der Waals surface area contributed by atoms with Crippen LogP contribution in [-0.2, 0) is 0 Å². The van der Waals surface area contributed by atoms with Gasteiger partial charge in [-0.3, -0.25) is 10.1 Å². The minimum atomic E-state index is -0.524. The third-order valence-electron chi connectivity index (χ3n) is 2.74. The lowest BCUT2D eigenvalue weighted by Gasteiger charge is -2.13. The maximum absolute atomic E-state index is 10.6. The van der Waals surface area contributed by atoms with Crippen LogP contribution in [0.25, 0.3) is 6.08 Å². The van der Waals surface area contributed by atoms with E-state index >= 15 is 0 Å². The van der Waals surface area contributed by atoms with E-state index in [9.17, 15) is 10.1 Å². The molecule has 5 heteroatoms. The highest BCUT2D eigenvalue weighted by Gasteiger charge is 2.12. The monoisotopic (exact) mass is 266 g/mol. The number of nitrogens with zero attached hydrogens (tertiary/aromatic N) is 1. The molecule has 0 saturated heterocycles. The van der Waals surface area contributed by atoms with E-state index in [1.54, 1.807) is 6.07 Å². The first-order valence-corrected chi connectivity index (χ1v) is 6.55. The van der Waals surface area contributed by atoms with Crippen LogP contribution in [0.5, 0.6) is 0 Å². The smallest absolute Gasteiger partial charge is 0.401 e. The highest BCUT2D eigenvalue weighted by atomic mass is 16.6. The van der Waals surface area contributed by atoms with E-state index in [1.165, 1.54) is 11.6 Å². The molecule has 0 amide bonds. The molecule has 1 rings (SSSR count). The molecule has 0 unspecified atom stereocenters. The summed E-state index contributed by atoms with van der Waals surface area (Å²) in [7, 11) is 0. The van der Waals surface area contributed by atoms with Crippen LogP contribution in [0.1, 0.15) is 33.5 Å². The Kier molecular flexibility index (Phi) is 5.76. The van der Waals surface area contributed by atoms with Crippen LogP contribution < -0.4 is 5.32 Å². The average molecular weight is 266 g/mol. The molecule has 106 valence electrons. The highest BCUT2D eigenvalue weighted by molar-refractivity contribution is 5.49. The third kappa shape index (κ3) is 5.26. The van der Waals surface area contributed by atoms with Crippen molar-refractivity contribution < 1.29 is 9.34 Å². The predicted octanol–water partition coefficient (Wildman–Crippen LogP) is 3.47. The maximum Gasteiger partial charge on any atom is 0.433 e. The minimum Gasteiger partial charge on any atom is -0.401 e. The van der Waals surface area contributed by atoms with Crippen LogP contribution in [0, 0.1) is 22.0 Å². The van der Waals surface area contributed by atoms with Gasteiger partial charge in [-0.1, -0.05) is 33.3 Å². The Balaban J connectivity index is 2.73. The zero-order valence-corrected chi connectivity index (χ0v) is 12.0. The van der Waals surface area contributed by atoms with Crippen molar-refractivity contribution in [3.63, 3.8) is 0 Å². The summed E-state index contributed by atoms with van der Waals surface area (Å²) in [5, 5.41) is 13.9. The molecule has 0 saturated carbocycles. The van der Waals surface area contributed by atoms with Crippen molar-refractivity contribution in [1.82, 2.24) is 5.32 Å². The fourth-order valence-corrected chi connectivity index (χ4v) is 1.63. The third-order valence-corrected chi connectivity index (χ3v) is 2.74. The van der Waals surface area contributed by atoms with Gasteiger partial charge >= 0.3 is 5.88 Å². The molecule has 19 heavy (non-hydrogen) atoms. The molecule has 1 aromatic heterocycles. The number of rotatable bonds is 7. The number of hydrogen-bond donors (Lipinski definition) is 1. The van der Waals surface area contributed by atoms with Crippen molar-refractivity contribution in [2.45, 2.75) is 27.7 Å². The largest absolute Gasteiger partial charge is 0.433 e. The first-order chi connectivity index (χ1) is 8.90. The van der Waals surface area contributed by atoms with Gasteiger partial charge in [-0.25, -0.2) is 0 Å². The van der Waals surface area contributed by atoms with Crippen LogP contribution >= 0.6 is 0 Å². The summed E-state index contributed by atoms with van der Waals surface area (Å²) >= 11 is 0. The van der Waals surface area contributed by atoms with E-state index in [4.69, 9.17) is 4.42 Å². The number of furan rings is 1. The van der Waals surface area contributed by atoms with E-state index in [0.29, 0.717) is 17.6 Å². The normalized spacial score (nSPS) is 12.4. The highest BCUT2D eigenvalue weighted by Crippen LogP contribution is 2.20. The molecule has 0 radical (unpaired) electrons. The summed E-state index contributed by atoms with van der Waals surface area (Å²) in [6, 6.07) is 3.01. The molecule has 1 heterocycles. The Morgan fingerprint density at radius 2 is 2.11 bits per heavy atom. The fourth-order valence-electron chi connectivity index (χ4n) is 1.63. The molecular weight excluding hydrogens is 244 g/mol. The Bertz CT molecular complexity index is 447. The molecule has 5 nitrogen and oxygen atoms in total. The molecule has 1 N–H and O–H groups in total. The lowest BCUT2D eigenvalue weighted by atomic mass is 10.0. The molecule has 0 bridgehead atoms. The Morgan fingerprint density at radius 3 is 2.58 bits per heavy atom. The maximum atomic E-state index is 10.6. The quantitative estimate of drug-likeness (QED) is 0.606. The van der Waals surface area contributed by atoms with Gasteiger partial charge < -0.3 is 9.73 Å². The van der Waals surface area contributed by atoms with E-state index < -0.39 is 4.92 Å². The van der Waals surface area contributed by atoms with Crippen molar-refractivity contribution in [2.24, 2.45) is 11.8 Å². The molecule has 1 aromatic rings. The lowest BCUT2D eigenvalue weighted by Crippen LogP contribution is -2.23. The second-order valence-electron chi connectivity index (χ2n) is 5.33. The van der Waals surface area contributed by atoms with E-state index in [0.717, 1.165) is 13.1 Å². The van der Waals surface area contributed by atoms with Crippen molar-refractivity contribution in [1.29, 1.82) is 0 Å². The second-order valence-corrected chi connectivity index (χ2v) is 5.33. The standard InChI is InChI=1S/C14H22N2O3/c1-10(2)8-15-9-12(11(3)4)7-13-5-6-14(19-13)16(17)18/h5-7,10-11,15H,8-9H2,1-4H3. The van der Waals surface area contributed by atoms with E-state index in [1.807, 2.05) is 6.08 Å². The van der Waals surface area contributed by atoms with Crippen molar-refractivity contribution in [2.75, 3.05) is 13.1 Å². The molecule has 0 aliphatic heterocycles. The Hall–Kier alpha value is -1.62. The zero-order chi connectivity index (χ0) is 14.4. The van der Waals surface area contributed by atoms with Crippen molar-refractivity contribution in [3.05, 3.63) is 33.6 Å². The summed E-state index contributed by atoms with van der Waals surface area (Å²) in [6.07, 6.45) is 1.88. The molecule has 0 fully saturated rings. The fraction of sp³-hybridized carbons (Fsp3) is 0.571. The van der Waals surface area contributed by atoms with Gasteiger partial charge in [-0.2, -0.15) is 0 Å². The van der Waals surface area contributed by atoms with Crippen LogP contribution in [-0.4, -0.2) is 18.0 Å². The lowest BCUT2D eigenvalue weighted by molar-refractivity contribution is -0.402. The van der Waals surface area contributed by atoms with Crippen LogP contribution in [0.15, 0.2) is 22.1 Å². The van der Waals surface area contributed by atoms with Crippen LogP contribution in [0.4, 0.5) is 5.88 Å². The predicted molar refractivity (Wildman–Crippen MR) is 75.9 cm³/mol. The topological polar surface area (TPSA) is 68.3 Å². The number of nitrogens with one attached hydrogen (secondary N) is 1. The zero-order valence-electron chi connectivity index (χ0n) is 12.0. The average Bonchev–Trinajstić information content (AvgIpc) is 2.75. The van der Waals surface area contributed by atoms with Gasteiger partial charge in [0.25, 0.3) is 0 Å². The van der Waals surface area contributed by atoms with Gasteiger partial charge in [-0.15, -0.1) is 0 Å². The molecule has 0 atom stereocenters. The van der Waals surface area contributed by atoms with E-state index in [2.05, 4.69) is 33.0 Å². The van der Waals surface area contributed by atoms with Gasteiger partial charge in [0.05, 0.1) is 6.07 Å². The first-order valence-electron chi connectivity index (χ1n) is 6.55. The summed E-state index contributed by atoms with van der Waals surface area (Å²) in [5.41, 5.74) is 1.17. The summed E-state index contributed by atoms with van der Waals surface area (Å²) in [5.74, 6) is 1.27. The molecule has 0 aliphatic rings. The Labute approximate surface area is 113 Å². The van der Waals surface area contributed by atoms with Crippen molar-refractivity contribution >= 4 is 12.0 Å². The SMILES string of the molecule is CC(C)CNCC(=Cc1ccc([N+](=O)[O-])o1)C(C)C. The van der Waals surface area contributed by atoms with Crippen LogP contribution in [0.3, 0.4) is 0 Å². The minimum absolute atomic E-state index is 0.218. The van der Waals surface area contributed by atoms with Gasteiger partial charge in [0.1, 0.15) is 10.7 Å². The molecule has 0 spiro atoms. The first kappa shape index (κ1) is 15.4. The Morgan fingerprint density at radius 1 is 1.42 bits per heavy atom. The molecule has 0 aliphatic carbocycles. The summed E-state index contributed by atoms with van der Waals surface area (Å²) in [4.78, 5) is 10.0.